The smallest absolute Gasteiger partial charge is 0.327 e. The number of hydrogen-bond donors (Lipinski definition) is 1. The van der Waals surface area contributed by atoms with Gasteiger partial charge in [-0.15, -0.1) is 0 Å². The van der Waals surface area contributed by atoms with Gasteiger partial charge in [-0.05, 0) is 41.5 Å². The van der Waals surface area contributed by atoms with Gasteiger partial charge in [0.25, 0.3) is 10.0 Å². The van der Waals surface area contributed by atoms with E-state index >= 15 is 0 Å². The summed E-state index contributed by atoms with van der Waals surface area (Å²) in [6.45, 7) is 0.369. The molecule has 148 valence electrons. The Labute approximate surface area is 169 Å². The number of sulfonamides is 1. The molecule has 1 unspecified atom stereocenters. The monoisotopic (exact) mass is 409 g/mol. The van der Waals surface area contributed by atoms with Gasteiger partial charge in [-0.2, -0.15) is 0 Å². The van der Waals surface area contributed by atoms with Gasteiger partial charge in [0, 0.05) is 6.42 Å². The molecule has 1 atom stereocenters. The van der Waals surface area contributed by atoms with Crippen LogP contribution in [0.1, 0.15) is 11.1 Å². The number of carboxylic acid groups (broad SMARTS) is 1. The number of rotatable bonds is 6. The van der Waals surface area contributed by atoms with Crippen LogP contribution in [0, 0.1) is 0 Å². The van der Waals surface area contributed by atoms with Crippen LogP contribution in [-0.4, -0.2) is 25.5 Å². The van der Waals surface area contributed by atoms with Crippen molar-refractivity contribution in [3.05, 3.63) is 90.0 Å². The van der Waals surface area contributed by atoms with Gasteiger partial charge in [0.15, 0.2) is 0 Å². The van der Waals surface area contributed by atoms with Crippen molar-refractivity contribution in [1.82, 2.24) is 0 Å². The first kappa shape index (κ1) is 19.0. The number of para-hydroxylation sites is 1. The van der Waals surface area contributed by atoms with Crippen molar-refractivity contribution in [3.63, 3.8) is 0 Å². The molecule has 1 aliphatic rings. The van der Waals surface area contributed by atoms with E-state index in [4.69, 9.17) is 4.74 Å². The van der Waals surface area contributed by atoms with Crippen LogP contribution in [0.2, 0.25) is 0 Å². The molecular weight excluding hydrogens is 390 g/mol. The van der Waals surface area contributed by atoms with Crippen molar-refractivity contribution in [2.24, 2.45) is 0 Å². The summed E-state index contributed by atoms with van der Waals surface area (Å²) < 4.78 is 33.2. The van der Waals surface area contributed by atoms with Crippen molar-refractivity contribution in [3.8, 4) is 5.75 Å². The normalized spacial score (nSPS) is 15.7. The third-order valence-corrected chi connectivity index (χ3v) is 6.68. The minimum absolute atomic E-state index is 0.0208. The Morgan fingerprint density at radius 3 is 2.31 bits per heavy atom. The molecule has 7 heteroatoms. The molecule has 6 nitrogen and oxygen atoms in total. The molecule has 0 aromatic heterocycles. The van der Waals surface area contributed by atoms with Crippen LogP contribution in [0.25, 0.3) is 0 Å². The molecule has 0 fully saturated rings. The third kappa shape index (κ3) is 3.69. The second-order valence-electron chi connectivity index (χ2n) is 6.73. The minimum atomic E-state index is -4.03. The van der Waals surface area contributed by atoms with Crippen LogP contribution in [0.15, 0.2) is 83.8 Å². The van der Waals surface area contributed by atoms with Gasteiger partial charge in [0.1, 0.15) is 18.4 Å². The first-order valence-electron chi connectivity index (χ1n) is 9.09. The molecule has 1 N–H and O–H groups in total. The molecule has 0 spiro atoms. The maximum Gasteiger partial charge on any atom is 0.327 e. The molecule has 1 heterocycles. The van der Waals surface area contributed by atoms with Crippen LogP contribution >= 0.6 is 0 Å². The lowest BCUT2D eigenvalue weighted by atomic mass is 10.1. The van der Waals surface area contributed by atoms with E-state index in [-0.39, 0.29) is 11.3 Å². The summed E-state index contributed by atoms with van der Waals surface area (Å²) in [5.41, 5.74) is 2.11. The number of aliphatic carboxylic acids is 1. The quantitative estimate of drug-likeness (QED) is 0.674. The van der Waals surface area contributed by atoms with Crippen molar-refractivity contribution in [2.75, 3.05) is 4.31 Å². The van der Waals surface area contributed by atoms with Crippen LogP contribution < -0.4 is 9.04 Å². The Kier molecular flexibility index (Phi) is 4.98. The highest BCUT2D eigenvalue weighted by Gasteiger charge is 2.42. The molecule has 4 rings (SSSR count). The molecule has 3 aromatic rings. The first-order valence-corrected chi connectivity index (χ1v) is 10.5. The molecular formula is C22H19NO5S. The Bertz CT molecular complexity index is 1130. The molecule has 0 amide bonds. The van der Waals surface area contributed by atoms with E-state index in [0.717, 1.165) is 9.87 Å². The number of benzene rings is 3. The maximum atomic E-state index is 13.2. The summed E-state index contributed by atoms with van der Waals surface area (Å²) >= 11 is 0. The maximum absolute atomic E-state index is 13.2. The molecule has 0 saturated heterocycles. The zero-order valence-corrected chi connectivity index (χ0v) is 16.2. The standard InChI is InChI=1S/C22H19NO5S/c24-22(25)21-14-17-8-4-5-9-20(17)23(21)29(26,27)19-12-10-18(11-13-19)28-15-16-6-2-1-3-7-16/h1-13,21H,14-15H2,(H,24,25). The Hall–Kier alpha value is -3.32. The SMILES string of the molecule is O=C(O)C1Cc2ccccc2N1S(=O)(=O)c1ccc(OCc2ccccc2)cc1. The van der Waals surface area contributed by atoms with Crippen molar-refractivity contribution < 1.29 is 23.1 Å². The highest BCUT2D eigenvalue weighted by atomic mass is 32.2. The summed E-state index contributed by atoms with van der Waals surface area (Å²) in [4.78, 5) is 11.7. The van der Waals surface area contributed by atoms with Gasteiger partial charge in [-0.1, -0.05) is 48.5 Å². The Morgan fingerprint density at radius 1 is 0.966 bits per heavy atom. The Morgan fingerprint density at radius 2 is 1.62 bits per heavy atom. The zero-order valence-electron chi connectivity index (χ0n) is 15.4. The average Bonchev–Trinajstić information content (AvgIpc) is 3.14. The fraction of sp³-hybridized carbons (Fsp3) is 0.136. The highest BCUT2D eigenvalue weighted by Crippen LogP contribution is 2.37. The van der Waals surface area contributed by atoms with Gasteiger partial charge < -0.3 is 9.84 Å². The average molecular weight is 409 g/mol. The molecule has 0 aliphatic carbocycles. The van der Waals surface area contributed by atoms with E-state index in [0.29, 0.717) is 23.6 Å². The van der Waals surface area contributed by atoms with E-state index in [1.54, 1.807) is 36.4 Å². The minimum Gasteiger partial charge on any atom is -0.489 e. The van der Waals surface area contributed by atoms with Gasteiger partial charge in [-0.3, -0.25) is 4.31 Å². The van der Waals surface area contributed by atoms with Crippen molar-refractivity contribution in [2.45, 2.75) is 24.0 Å². The summed E-state index contributed by atoms with van der Waals surface area (Å²) in [5, 5.41) is 9.56. The first-order chi connectivity index (χ1) is 14.0. The molecule has 0 bridgehead atoms. The largest absolute Gasteiger partial charge is 0.489 e. The number of ether oxygens (including phenoxy) is 1. The number of fused-ring (bicyclic) bond motifs is 1. The third-order valence-electron chi connectivity index (χ3n) is 4.84. The van der Waals surface area contributed by atoms with Crippen LogP contribution in [0.4, 0.5) is 5.69 Å². The van der Waals surface area contributed by atoms with E-state index in [2.05, 4.69) is 0 Å². The molecule has 29 heavy (non-hydrogen) atoms. The summed E-state index contributed by atoms with van der Waals surface area (Å²) in [5.74, 6) is -0.642. The van der Waals surface area contributed by atoms with E-state index in [9.17, 15) is 18.3 Å². The highest BCUT2D eigenvalue weighted by molar-refractivity contribution is 7.93. The van der Waals surface area contributed by atoms with Gasteiger partial charge in [-0.25, -0.2) is 13.2 Å². The zero-order chi connectivity index (χ0) is 20.4. The van der Waals surface area contributed by atoms with Gasteiger partial charge in [0.05, 0.1) is 10.6 Å². The molecule has 0 saturated carbocycles. The fourth-order valence-electron chi connectivity index (χ4n) is 3.40. The number of hydrogen-bond acceptors (Lipinski definition) is 4. The number of anilines is 1. The molecule has 0 radical (unpaired) electrons. The van der Waals surface area contributed by atoms with Gasteiger partial charge >= 0.3 is 5.97 Å². The van der Waals surface area contributed by atoms with E-state index in [1.165, 1.54) is 12.1 Å². The molecule has 1 aliphatic heterocycles. The summed E-state index contributed by atoms with van der Waals surface area (Å²) in [6, 6.07) is 21.4. The van der Waals surface area contributed by atoms with Crippen LogP contribution in [-0.2, 0) is 27.8 Å². The lowest BCUT2D eigenvalue weighted by Crippen LogP contribution is -2.42. The van der Waals surface area contributed by atoms with Gasteiger partial charge in [0.2, 0.25) is 0 Å². The number of carboxylic acids is 1. The van der Waals surface area contributed by atoms with Crippen molar-refractivity contribution >= 4 is 21.7 Å². The molecule has 3 aromatic carbocycles. The van der Waals surface area contributed by atoms with E-state index < -0.39 is 22.0 Å². The second kappa shape index (κ2) is 7.60. The predicted molar refractivity (Wildman–Crippen MR) is 108 cm³/mol. The Balaban J connectivity index is 1.59. The van der Waals surface area contributed by atoms with E-state index in [1.807, 2.05) is 30.3 Å². The lowest BCUT2D eigenvalue weighted by Gasteiger charge is -2.24. The summed E-state index contributed by atoms with van der Waals surface area (Å²) in [6.07, 6.45) is 0.142. The lowest BCUT2D eigenvalue weighted by molar-refractivity contribution is -0.138. The van der Waals surface area contributed by atoms with Crippen LogP contribution in [0.3, 0.4) is 0 Å². The van der Waals surface area contributed by atoms with Crippen molar-refractivity contribution in [1.29, 1.82) is 0 Å². The number of nitrogens with zero attached hydrogens (tertiary/aromatic N) is 1. The summed E-state index contributed by atoms with van der Waals surface area (Å²) in [7, 11) is -4.03. The van der Waals surface area contributed by atoms with Crippen LogP contribution in [0.5, 0.6) is 5.75 Å². The number of carbonyl (C=O) groups is 1. The predicted octanol–water partition coefficient (Wildman–Crippen LogP) is 3.47. The topological polar surface area (TPSA) is 83.9 Å². The fourth-order valence-corrected chi connectivity index (χ4v) is 5.05. The second-order valence-corrected chi connectivity index (χ2v) is 8.55.